The zero-order valence-corrected chi connectivity index (χ0v) is 43.3. The molecular weight excluding hydrogens is 973 g/mol. The SMILES string of the molecule is C/C=C1\NC(=O)CCC(C(=O)O)NC(=O)[C@@H](C)C(/C=C/C(C)=C/[C@H](C)[C@H](Cc2ccccc2)OC)NC(=O)[C@H](CCCN=C(N)N)NC(=O)[C@@H](C)[C@H](C(=O)O)NC(=O)[C@H](Cc2ccc(O)cc2)NC(=O)[C@@H](C)NC1=O. The summed E-state index contributed by atoms with van der Waals surface area (Å²) in [4.78, 5) is 126. The molecule has 7 amide bonds. The fourth-order valence-corrected chi connectivity index (χ4v) is 7.83. The maximum atomic E-state index is 14.4. The van der Waals surface area contributed by atoms with Crippen molar-refractivity contribution in [2.75, 3.05) is 13.7 Å². The number of rotatable bonds is 15. The molecule has 0 radical (unpaired) electrons. The van der Waals surface area contributed by atoms with Crippen LogP contribution in [0.15, 0.2) is 95.2 Å². The Kier molecular flexibility index (Phi) is 24.6. The van der Waals surface area contributed by atoms with Gasteiger partial charge in [0.25, 0.3) is 5.91 Å². The lowest BCUT2D eigenvalue weighted by atomic mass is 9.94. The van der Waals surface area contributed by atoms with E-state index in [-0.39, 0.29) is 55.2 Å². The second-order valence-corrected chi connectivity index (χ2v) is 18.4. The molecular formula is C52H72N10O13. The number of nitrogens with two attached hydrogens (primary N) is 2. The smallest absolute Gasteiger partial charge is 0.327 e. The molecule has 23 heteroatoms. The molecule has 0 spiro atoms. The summed E-state index contributed by atoms with van der Waals surface area (Å²) >= 11 is 0. The van der Waals surface area contributed by atoms with Crippen LogP contribution in [0.5, 0.6) is 5.75 Å². The number of ether oxygens (including phenoxy) is 1. The van der Waals surface area contributed by atoms with Crippen molar-refractivity contribution < 1.29 is 63.2 Å². The first-order valence-corrected chi connectivity index (χ1v) is 24.5. The number of aliphatic imine (C=N–C) groups is 1. The Hall–Kier alpha value is -8.08. The van der Waals surface area contributed by atoms with Gasteiger partial charge in [-0.1, -0.05) is 93.1 Å². The summed E-state index contributed by atoms with van der Waals surface area (Å²) in [6.45, 7) is 9.06. The molecule has 408 valence electrons. The molecule has 2 aromatic carbocycles. The second kappa shape index (κ2) is 30.2. The number of amides is 7. The minimum atomic E-state index is -1.96. The Bertz CT molecular complexity index is 2460. The van der Waals surface area contributed by atoms with Gasteiger partial charge in [-0.05, 0) is 69.7 Å². The Morgan fingerprint density at radius 2 is 1.41 bits per heavy atom. The summed E-state index contributed by atoms with van der Waals surface area (Å²) in [7, 11) is 1.60. The number of guanidine groups is 1. The van der Waals surface area contributed by atoms with Crippen LogP contribution < -0.4 is 48.7 Å². The molecule has 1 aliphatic heterocycles. The molecule has 1 aliphatic rings. The zero-order chi connectivity index (χ0) is 55.9. The molecule has 75 heavy (non-hydrogen) atoms. The standard InChI is InChI=1S/C52H72N10O13/c1-8-36-47(68)56-32(6)46(67)61-40(26-34-17-19-35(63)20-18-34)49(70)62-43(51(73)74)31(5)45(66)59-38(15-12-24-55-52(53)54)48(69)58-37(30(4)44(65)60-39(50(71)72)22-23-42(64)57-36)21-16-28(2)25-29(3)41(75-7)27-33-13-10-9-11-14-33/h8-11,13-14,16-21,25,29-32,37-41,43,63H,12,15,22-24,26-27H2,1-7H3,(H,56,68)(H,57,64)(H,58,69)(H,59,66)(H,60,65)(H,61,67)(H,62,70)(H,71,72)(H,73,74)(H4,53,54,55)/b21-16+,28-25+,36-8-/t29-,30-,31-,32+,37?,38-,39?,40-,41-,43+/m0/s1. The molecule has 2 unspecified atom stereocenters. The normalized spacial score (nSPS) is 24.9. The molecule has 0 bridgehead atoms. The van der Waals surface area contributed by atoms with E-state index in [1.54, 1.807) is 20.1 Å². The molecule has 23 nitrogen and oxygen atoms in total. The molecule has 14 N–H and O–H groups in total. The number of carbonyl (C=O) groups is 9. The minimum Gasteiger partial charge on any atom is -0.508 e. The van der Waals surface area contributed by atoms with E-state index in [0.717, 1.165) is 5.56 Å². The van der Waals surface area contributed by atoms with Crippen molar-refractivity contribution >= 4 is 59.2 Å². The van der Waals surface area contributed by atoms with Crippen LogP contribution in [-0.2, 0) is 60.7 Å². The molecule has 0 saturated carbocycles. The predicted molar refractivity (Wildman–Crippen MR) is 277 cm³/mol. The average molecular weight is 1050 g/mol. The van der Waals surface area contributed by atoms with Crippen molar-refractivity contribution in [2.24, 2.45) is 34.2 Å². The van der Waals surface area contributed by atoms with Crippen LogP contribution in [0.1, 0.15) is 78.4 Å². The lowest BCUT2D eigenvalue weighted by Crippen LogP contribution is -2.59. The molecule has 1 saturated heterocycles. The van der Waals surface area contributed by atoms with E-state index >= 15 is 0 Å². The number of carbonyl (C=O) groups excluding carboxylic acids is 7. The number of carboxylic acid groups (broad SMARTS) is 2. The molecule has 3 rings (SSSR count). The van der Waals surface area contributed by atoms with Gasteiger partial charge in [0.2, 0.25) is 35.4 Å². The van der Waals surface area contributed by atoms with Gasteiger partial charge in [0, 0.05) is 32.4 Å². The topological polar surface area (TPSA) is 372 Å². The zero-order valence-electron chi connectivity index (χ0n) is 43.3. The number of hydrogen-bond acceptors (Lipinski definition) is 12. The third-order valence-corrected chi connectivity index (χ3v) is 12.4. The third-order valence-electron chi connectivity index (χ3n) is 12.4. The first-order valence-electron chi connectivity index (χ1n) is 24.5. The van der Waals surface area contributed by atoms with E-state index in [4.69, 9.17) is 16.2 Å². The number of aromatic hydroxyl groups is 1. The Morgan fingerprint density at radius 1 is 0.787 bits per heavy atom. The number of allylic oxidation sites excluding steroid dienone is 3. The average Bonchev–Trinajstić information content (AvgIpc) is 3.36. The second-order valence-electron chi connectivity index (χ2n) is 18.4. The van der Waals surface area contributed by atoms with Gasteiger partial charge >= 0.3 is 11.9 Å². The number of benzene rings is 2. The van der Waals surface area contributed by atoms with Crippen LogP contribution in [0.4, 0.5) is 0 Å². The van der Waals surface area contributed by atoms with Crippen LogP contribution in [0.25, 0.3) is 0 Å². The fourth-order valence-electron chi connectivity index (χ4n) is 7.83. The molecule has 1 heterocycles. The number of nitrogens with one attached hydrogen (secondary N) is 7. The van der Waals surface area contributed by atoms with Gasteiger partial charge in [0.05, 0.1) is 24.0 Å². The van der Waals surface area contributed by atoms with Crippen molar-refractivity contribution in [2.45, 2.75) is 122 Å². The van der Waals surface area contributed by atoms with Crippen LogP contribution in [0, 0.1) is 17.8 Å². The summed E-state index contributed by atoms with van der Waals surface area (Å²) < 4.78 is 5.82. The number of aliphatic carboxylic acids is 2. The van der Waals surface area contributed by atoms with Crippen LogP contribution in [0.3, 0.4) is 0 Å². The molecule has 10 atom stereocenters. The number of phenolic OH excluding ortho intramolecular Hbond substituents is 1. The number of carboxylic acids is 2. The maximum absolute atomic E-state index is 14.4. The van der Waals surface area contributed by atoms with E-state index < -0.39 is 114 Å². The molecule has 1 fully saturated rings. The van der Waals surface area contributed by atoms with Crippen molar-refractivity contribution in [3.8, 4) is 5.75 Å². The van der Waals surface area contributed by atoms with E-state index in [1.807, 2.05) is 43.3 Å². The van der Waals surface area contributed by atoms with Gasteiger partial charge in [0.15, 0.2) is 5.96 Å². The highest BCUT2D eigenvalue weighted by molar-refractivity contribution is 6.01. The highest BCUT2D eigenvalue weighted by Crippen LogP contribution is 2.19. The lowest BCUT2D eigenvalue weighted by Gasteiger charge is -2.28. The number of hydrogen-bond donors (Lipinski definition) is 12. The Morgan fingerprint density at radius 3 is 2.01 bits per heavy atom. The van der Waals surface area contributed by atoms with E-state index in [9.17, 15) is 58.5 Å². The van der Waals surface area contributed by atoms with Gasteiger partial charge in [-0.3, -0.25) is 38.6 Å². The van der Waals surface area contributed by atoms with E-state index in [1.165, 1.54) is 64.1 Å². The van der Waals surface area contributed by atoms with Crippen LogP contribution in [0.2, 0.25) is 0 Å². The molecule has 0 aliphatic carbocycles. The monoisotopic (exact) mass is 1040 g/mol. The van der Waals surface area contributed by atoms with Crippen molar-refractivity contribution in [1.29, 1.82) is 0 Å². The summed E-state index contributed by atoms with van der Waals surface area (Å²) in [6, 6.07) is 6.13. The predicted octanol–water partition coefficient (Wildman–Crippen LogP) is 0.569. The van der Waals surface area contributed by atoms with Crippen molar-refractivity contribution in [1.82, 2.24) is 37.2 Å². The summed E-state index contributed by atoms with van der Waals surface area (Å²) in [5.41, 5.74) is 12.9. The summed E-state index contributed by atoms with van der Waals surface area (Å²) in [6.07, 6.45) is 5.45. The number of nitrogens with zero attached hydrogens (tertiary/aromatic N) is 1. The van der Waals surface area contributed by atoms with Gasteiger partial charge in [0.1, 0.15) is 41.7 Å². The van der Waals surface area contributed by atoms with Crippen LogP contribution >= 0.6 is 0 Å². The van der Waals surface area contributed by atoms with Gasteiger partial charge in [-0.2, -0.15) is 0 Å². The summed E-state index contributed by atoms with van der Waals surface area (Å²) in [5, 5.41) is 47.8. The minimum absolute atomic E-state index is 0.00345. The first kappa shape index (κ1) is 61.2. The van der Waals surface area contributed by atoms with Crippen molar-refractivity contribution in [3.63, 3.8) is 0 Å². The Labute approximate surface area is 435 Å². The maximum Gasteiger partial charge on any atom is 0.327 e. The Balaban J connectivity index is 2.14. The van der Waals surface area contributed by atoms with E-state index in [2.05, 4.69) is 42.2 Å². The number of phenols is 1. The number of methoxy groups -OCH3 is 1. The molecule has 0 aromatic heterocycles. The van der Waals surface area contributed by atoms with Crippen molar-refractivity contribution in [3.05, 3.63) is 101 Å². The van der Waals surface area contributed by atoms with Gasteiger partial charge in [-0.25, -0.2) is 9.59 Å². The highest BCUT2D eigenvalue weighted by Gasteiger charge is 2.37. The third kappa shape index (κ3) is 20.4. The van der Waals surface area contributed by atoms with E-state index in [0.29, 0.717) is 17.6 Å². The molecule has 2 aromatic rings. The lowest BCUT2D eigenvalue weighted by molar-refractivity contribution is -0.146. The quantitative estimate of drug-likeness (QED) is 0.0382. The van der Waals surface area contributed by atoms with Crippen LogP contribution in [-0.4, -0.2) is 131 Å². The first-order chi connectivity index (χ1) is 35.4. The summed E-state index contributed by atoms with van der Waals surface area (Å²) in [5.74, 6) is -12.9. The highest BCUT2D eigenvalue weighted by atomic mass is 16.5. The van der Waals surface area contributed by atoms with Gasteiger partial charge in [-0.15, -0.1) is 0 Å². The fraction of sp³-hybridized carbons (Fsp3) is 0.462. The largest absolute Gasteiger partial charge is 0.508 e. The van der Waals surface area contributed by atoms with Gasteiger partial charge < -0.3 is 68.7 Å².